The summed E-state index contributed by atoms with van der Waals surface area (Å²) in [4.78, 5) is 0. The van der Waals surface area contributed by atoms with Gasteiger partial charge in [0.15, 0.2) is 0 Å². The number of aliphatic hydroxyl groups excluding tert-OH is 2. The molecule has 0 radical (unpaired) electrons. The Morgan fingerprint density at radius 1 is 0.765 bits per heavy atom. The summed E-state index contributed by atoms with van der Waals surface area (Å²) < 4.78 is 5.90. The van der Waals surface area contributed by atoms with Gasteiger partial charge in [0.25, 0.3) is 0 Å². The number of hydrogen-bond donors (Lipinski definition) is 3. The normalized spacial score (nSPS) is 12.5. The molecule has 0 aromatic heterocycles. The van der Waals surface area contributed by atoms with Crippen molar-refractivity contribution in [1.29, 1.82) is 0 Å². The number of ether oxygens (including phenoxy) is 1. The molecule has 0 aliphatic heterocycles. The van der Waals surface area contributed by atoms with Gasteiger partial charge in [0, 0.05) is 23.8 Å². The number of rotatable bonds is 9. The van der Waals surface area contributed by atoms with Crippen molar-refractivity contribution in [3.8, 4) is 11.5 Å². The molecule has 0 amide bonds. The third kappa shape index (κ3) is 5.94. The van der Waals surface area contributed by atoms with E-state index < -0.39 is 12.2 Å². The summed E-state index contributed by atoms with van der Waals surface area (Å²) in [5, 5.41) is 33.2. The van der Waals surface area contributed by atoms with Crippen LogP contribution in [0.2, 0.25) is 0 Å². The zero-order valence-corrected chi connectivity index (χ0v) is 18.8. The summed E-state index contributed by atoms with van der Waals surface area (Å²) in [5.41, 5.74) is 5.62. The Balaban J connectivity index is 1.53. The molecule has 0 spiro atoms. The molecule has 4 nitrogen and oxygen atoms in total. The summed E-state index contributed by atoms with van der Waals surface area (Å²) in [7, 11) is 0. The Hall–Kier alpha value is -3.82. The molecule has 172 valence electrons. The number of aliphatic hydroxyl groups is 2. The average molecular weight is 453 g/mol. The molecule has 34 heavy (non-hydrogen) atoms. The highest BCUT2D eigenvalue weighted by molar-refractivity contribution is 5.91. The fourth-order valence-corrected chi connectivity index (χ4v) is 3.91. The average Bonchev–Trinajstić information content (AvgIpc) is 2.88. The van der Waals surface area contributed by atoms with Crippen molar-refractivity contribution in [2.75, 3.05) is 6.61 Å². The molecule has 0 bridgehead atoms. The Morgan fingerprint density at radius 2 is 1.41 bits per heavy atom. The summed E-state index contributed by atoms with van der Waals surface area (Å²) in [6.07, 6.45) is 1.06. The quantitative estimate of drug-likeness (QED) is 0.262. The van der Waals surface area contributed by atoms with Crippen LogP contribution < -0.4 is 4.74 Å². The molecule has 4 heteroatoms. The number of phenolic OH excluding ortho intramolecular Hbond substituents is 1. The minimum Gasteiger partial charge on any atom is -0.507 e. The maximum atomic E-state index is 10.8. The van der Waals surface area contributed by atoms with E-state index in [0.29, 0.717) is 18.2 Å². The first-order valence-electron chi connectivity index (χ1n) is 11.3. The van der Waals surface area contributed by atoms with Crippen molar-refractivity contribution >= 4 is 10.8 Å². The zero-order valence-electron chi connectivity index (χ0n) is 18.8. The number of hydrogen-bond acceptors (Lipinski definition) is 4. The van der Waals surface area contributed by atoms with E-state index in [1.807, 2.05) is 84.9 Å². The predicted octanol–water partition coefficient (Wildman–Crippen LogP) is 6.25. The van der Waals surface area contributed by atoms with Gasteiger partial charge in [-0.3, -0.25) is 0 Å². The SMILES string of the molecule is Oc1ccc([C@H](O)CC=C=C(COc2ccccc2)C[C@@H](O)c2ccccc2)c2ccccc12. The molecule has 2 atom stereocenters. The second-order valence-electron chi connectivity index (χ2n) is 8.16. The van der Waals surface area contributed by atoms with Crippen molar-refractivity contribution in [3.63, 3.8) is 0 Å². The summed E-state index contributed by atoms with van der Waals surface area (Å²) >= 11 is 0. The van der Waals surface area contributed by atoms with E-state index in [0.717, 1.165) is 27.8 Å². The molecular weight excluding hydrogens is 424 g/mol. The monoisotopic (exact) mass is 452 g/mol. The van der Waals surface area contributed by atoms with Crippen LogP contribution in [0.3, 0.4) is 0 Å². The van der Waals surface area contributed by atoms with Crippen molar-refractivity contribution in [2.24, 2.45) is 0 Å². The van der Waals surface area contributed by atoms with Crippen molar-refractivity contribution in [3.05, 3.63) is 126 Å². The van der Waals surface area contributed by atoms with Crippen LogP contribution in [0.25, 0.3) is 10.8 Å². The number of fused-ring (bicyclic) bond motifs is 1. The molecule has 4 aromatic carbocycles. The molecule has 4 aromatic rings. The number of phenols is 1. The van der Waals surface area contributed by atoms with E-state index in [1.54, 1.807) is 18.2 Å². The maximum absolute atomic E-state index is 10.8. The van der Waals surface area contributed by atoms with Gasteiger partial charge in [0.1, 0.15) is 18.1 Å². The summed E-state index contributed by atoms with van der Waals surface area (Å²) in [5.74, 6) is 0.934. The van der Waals surface area contributed by atoms with Crippen LogP contribution in [0.5, 0.6) is 11.5 Å². The largest absolute Gasteiger partial charge is 0.507 e. The molecule has 4 rings (SSSR count). The Bertz CT molecular complexity index is 1280. The van der Waals surface area contributed by atoms with Gasteiger partial charge in [-0.2, -0.15) is 0 Å². The molecule has 0 unspecified atom stereocenters. The van der Waals surface area contributed by atoms with Gasteiger partial charge >= 0.3 is 0 Å². The summed E-state index contributed by atoms with van der Waals surface area (Å²) in [6.45, 7) is 0.280. The first kappa shape index (κ1) is 23.3. The van der Waals surface area contributed by atoms with E-state index >= 15 is 0 Å². The van der Waals surface area contributed by atoms with Gasteiger partial charge in [-0.25, -0.2) is 0 Å². The number of aromatic hydroxyl groups is 1. The highest BCUT2D eigenvalue weighted by Crippen LogP contribution is 2.32. The van der Waals surface area contributed by atoms with Crippen LogP contribution in [-0.4, -0.2) is 21.9 Å². The molecule has 0 aliphatic rings. The van der Waals surface area contributed by atoms with Crippen LogP contribution in [0.4, 0.5) is 0 Å². The van der Waals surface area contributed by atoms with Crippen molar-refractivity contribution < 1.29 is 20.1 Å². The standard InChI is InChI=1S/C30H28O4/c31-28(27-18-19-29(32)26-16-8-7-15-25(26)27)17-9-10-22(21-34-24-13-5-2-6-14-24)20-30(33)23-11-3-1-4-12-23/h1-9,11-16,18-19,28,30-33H,17,20-21H2/t10?,28-,30-/m1/s1. The van der Waals surface area contributed by atoms with Crippen LogP contribution in [0.1, 0.15) is 36.2 Å². The fraction of sp³-hybridized carbons (Fsp3) is 0.167. The molecule has 0 saturated carbocycles. The molecule has 0 heterocycles. The predicted molar refractivity (Wildman–Crippen MR) is 135 cm³/mol. The zero-order chi connectivity index (χ0) is 23.8. The lowest BCUT2D eigenvalue weighted by molar-refractivity contribution is 0.173. The van der Waals surface area contributed by atoms with Gasteiger partial charge < -0.3 is 20.1 Å². The van der Waals surface area contributed by atoms with Crippen LogP contribution in [0.15, 0.2) is 114 Å². The summed E-state index contributed by atoms with van der Waals surface area (Å²) in [6, 6.07) is 29.8. The first-order valence-corrected chi connectivity index (χ1v) is 11.3. The molecule has 0 saturated heterocycles. The van der Waals surface area contributed by atoms with Gasteiger partial charge in [-0.1, -0.05) is 78.9 Å². The van der Waals surface area contributed by atoms with Gasteiger partial charge in [-0.05, 0) is 40.8 Å². The smallest absolute Gasteiger partial charge is 0.123 e. The van der Waals surface area contributed by atoms with Gasteiger partial charge in [0.05, 0.1) is 12.2 Å². The van der Waals surface area contributed by atoms with E-state index in [9.17, 15) is 15.3 Å². The maximum Gasteiger partial charge on any atom is 0.123 e. The lowest BCUT2D eigenvalue weighted by Crippen LogP contribution is -2.06. The van der Waals surface area contributed by atoms with E-state index in [2.05, 4.69) is 5.73 Å². The fourth-order valence-electron chi connectivity index (χ4n) is 3.91. The second kappa shape index (κ2) is 11.4. The van der Waals surface area contributed by atoms with E-state index in [1.165, 1.54) is 0 Å². The van der Waals surface area contributed by atoms with Crippen LogP contribution in [0, 0.1) is 0 Å². The molecule has 0 aliphatic carbocycles. The molecular formula is C30H28O4. The van der Waals surface area contributed by atoms with Crippen molar-refractivity contribution in [2.45, 2.75) is 25.0 Å². The molecule has 3 N–H and O–H groups in total. The topological polar surface area (TPSA) is 69.9 Å². The van der Waals surface area contributed by atoms with Crippen LogP contribution >= 0.6 is 0 Å². The number of para-hydroxylation sites is 1. The molecule has 0 fully saturated rings. The van der Waals surface area contributed by atoms with E-state index in [4.69, 9.17) is 4.74 Å². The Morgan fingerprint density at radius 3 is 2.15 bits per heavy atom. The Labute approximate surface area is 199 Å². The minimum atomic E-state index is -0.756. The highest BCUT2D eigenvalue weighted by Gasteiger charge is 2.13. The minimum absolute atomic E-state index is 0.192. The number of benzene rings is 4. The third-order valence-electron chi connectivity index (χ3n) is 5.72. The lowest BCUT2D eigenvalue weighted by Gasteiger charge is -2.14. The highest BCUT2D eigenvalue weighted by atomic mass is 16.5. The van der Waals surface area contributed by atoms with E-state index in [-0.39, 0.29) is 12.4 Å². The third-order valence-corrected chi connectivity index (χ3v) is 5.72. The van der Waals surface area contributed by atoms with Crippen LogP contribution in [-0.2, 0) is 0 Å². The first-order chi connectivity index (χ1) is 16.6. The Kier molecular flexibility index (Phi) is 7.79. The van der Waals surface area contributed by atoms with Crippen molar-refractivity contribution in [1.82, 2.24) is 0 Å². The second-order valence-corrected chi connectivity index (χ2v) is 8.16. The van der Waals surface area contributed by atoms with Gasteiger partial charge in [0.2, 0.25) is 0 Å². The lowest BCUT2D eigenvalue weighted by atomic mass is 9.97. The van der Waals surface area contributed by atoms with Gasteiger partial charge in [-0.15, -0.1) is 5.73 Å².